The molecular formula is C8H2Br2N2OS. The predicted octanol–water partition coefficient (Wildman–Crippen LogP) is 3.12. The fraction of sp³-hybridized carbons (Fsp3) is 0.125. The second-order valence-corrected chi connectivity index (χ2v) is 5.51. The lowest BCUT2D eigenvalue weighted by Crippen LogP contribution is -2.08. The van der Waals surface area contributed by atoms with Crippen molar-refractivity contribution in [3.05, 3.63) is 19.2 Å². The van der Waals surface area contributed by atoms with Gasteiger partial charge in [0.1, 0.15) is 0 Å². The van der Waals surface area contributed by atoms with E-state index in [4.69, 9.17) is 10.5 Å². The zero-order valence-electron chi connectivity index (χ0n) is 6.62. The molecule has 3 nitrogen and oxygen atoms in total. The summed E-state index contributed by atoms with van der Waals surface area (Å²) in [5.41, 5.74) is 0. The summed E-state index contributed by atoms with van der Waals surface area (Å²) in [4.78, 5) is 11.9. The van der Waals surface area contributed by atoms with Crippen molar-refractivity contribution in [2.75, 3.05) is 0 Å². The van der Waals surface area contributed by atoms with Crippen molar-refractivity contribution < 1.29 is 4.79 Å². The molecule has 1 aromatic heterocycles. The molecule has 70 valence electrons. The van der Waals surface area contributed by atoms with Gasteiger partial charge in [-0.1, -0.05) is 0 Å². The zero-order valence-corrected chi connectivity index (χ0v) is 10.6. The summed E-state index contributed by atoms with van der Waals surface area (Å²) < 4.78 is 1.52. The Bertz CT molecular complexity index is 421. The molecule has 0 amide bonds. The number of hydrogen-bond acceptors (Lipinski definition) is 4. The number of hydrogen-bond donors (Lipinski definition) is 0. The van der Waals surface area contributed by atoms with E-state index in [1.807, 2.05) is 0 Å². The third-order valence-electron chi connectivity index (χ3n) is 1.41. The Hall–Kier alpha value is -0.690. The van der Waals surface area contributed by atoms with Crippen LogP contribution in [0.15, 0.2) is 14.3 Å². The highest BCUT2D eigenvalue weighted by Gasteiger charge is 2.21. The van der Waals surface area contributed by atoms with Gasteiger partial charge in [0.15, 0.2) is 5.92 Å². The lowest BCUT2D eigenvalue weighted by molar-refractivity contribution is 0.0975. The second kappa shape index (κ2) is 4.70. The summed E-state index contributed by atoms with van der Waals surface area (Å²) >= 11 is 7.65. The number of rotatable bonds is 2. The summed E-state index contributed by atoms with van der Waals surface area (Å²) in [6.07, 6.45) is 0. The van der Waals surface area contributed by atoms with E-state index in [9.17, 15) is 4.79 Å². The van der Waals surface area contributed by atoms with Gasteiger partial charge in [-0.3, -0.25) is 4.79 Å². The minimum absolute atomic E-state index is 0.400. The highest BCUT2D eigenvalue weighted by Crippen LogP contribution is 2.33. The number of halogens is 2. The number of carbonyl (C=O) groups excluding carboxylic acids is 1. The van der Waals surface area contributed by atoms with Crippen LogP contribution in [0.25, 0.3) is 0 Å². The van der Waals surface area contributed by atoms with Crippen molar-refractivity contribution in [1.82, 2.24) is 0 Å². The molecule has 6 heteroatoms. The quantitative estimate of drug-likeness (QED) is 0.781. The number of ketones is 1. The Morgan fingerprint density at radius 3 is 2.36 bits per heavy atom. The molecule has 0 atom stereocenters. The molecule has 0 aliphatic rings. The van der Waals surface area contributed by atoms with Gasteiger partial charge < -0.3 is 0 Å². The monoisotopic (exact) mass is 332 g/mol. The van der Waals surface area contributed by atoms with E-state index >= 15 is 0 Å². The molecule has 1 aromatic rings. The van der Waals surface area contributed by atoms with E-state index < -0.39 is 11.7 Å². The molecule has 0 aromatic carbocycles. The number of thiophene rings is 1. The largest absolute Gasteiger partial charge is 0.291 e. The fourth-order valence-electron chi connectivity index (χ4n) is 0.756. The maximum atomic E-state index is 11.5. The van der Waals surface area contributed by atoms with Crippen molar-refractivity contribution in [2.24, 2.45) is 5.92 Å². The Labute approximate surface area is 101 Å². The molecule has 1 heterocycles. The maximum Gasteiger partial charge on any atom is 0.204 e. The molecule has 0 unspecified atom stereocenters. The van der Waals surface area contributed by atoms with Crippen LogP contribution >= 0.6 is 43.2 Å². The lowest BCUT2D eigenvalue weighted by Gasteiger charge is -1.93. The molecule has 0 aliphatic heterocycles. The molecule has 0 saturated heterocycles. The van der Waals surface area contributed by atoms with Gasteiger partial charge in [-0.2, -0.15) is 10.5 Å². The average molecular weight is 334 g/mol. The van der Waals surface area contributed by atoms with Crippen molar-refractivity contribution in [2.45, 2.75) is 0 Å². The number of nitriles is 2. The van der Waals surface area contributed by atoms with Crippen LogP contribution in [-0.2, 0) is 0 Å². The van der Waals surface area contributed by atoms with Crippen molar-refractivity contribution in [3.63, 3.8) is 0 Å². The Balaban J connectivity index is 3.03. The molecule has 1 rings (SSSR count). The first-order valence-corrected chi connectivity index (χ1v) is 5.78. The van der Waals surface area contributed by atoms with Gasteiger partial charge in [-0.25, -0.2) is 0 Å². The first kappa shape index (κ1) is 11.4. The molecule has 14 heavy (non-hydrogen) atoms. The summed E-state index contributed by atoms with van der Waals surface area (Å²) in [7, 11) is 0. The topological polar surface area (TPSA) is 64.7 Å². The minimum Gasteiger partial charge on any atom is -0.291 e. The highest BCUT2D eigenvalue weighted by atomic mass is 79.9. The van der Waals surface area contributed by atoms with Crippen molar-refractivity contribution in [1.29, 1.82) is 10.5 Å². The highest BCUT2D eigenvalue weighted by molar-refractivity contribution is 9.13. The standard InChI is InChI=1S/C8H2Br2N2OS/c9-5-1-6(14-8(5)10)7(13)4(2-11)3-12/h1,4H. The lowest BCUT2D eigenvalue weighted by atomic mass is 10.1. The summed E-state index contributed by atoms with van der Waals surface area (Å²) in [6.45, 7) is 0. The zero-order chi connectivity index (χ0) is 10.7. The van der Waals surface area contributed by atoms with Crippen LogP contribution < -0.4 is 0 Å². The first-order chi connectivity index (χ1) is 6.60. The van der Waals surface area contributed by atoms with E-state index in [0.29, 0.717) is 4.88 Å². The summed E-state index contributed by atoms with van der Waals surface area (Å²) in [5, 5.41) is 17.0. The van der Waals surface area contributed by atoms with Gasteiger partial charge in [0, 0.05) is 4.47 Å². The van der Waals surface area contributed by atoms with Crippen LogP contribution in [-0.4, -0.2) is 5.78 Å². The van der Waals surface area contributed by atoms with Crippen LogP contribution in [0, 0.1) is 28.6 Å². The van der Waals surface area contributed by atoms with Gasteiger partial charge in [0.2, 0.25) is 5.78 Å². The van der Waals surface area contributed by atoms with E-state index in [-0.39, 0.29) is 0 Å². The third kappa shape index (κ3) is 2.21. The van der Waals surface area contributed by atoms with Crippen LogP contribution in [0.4, 0.5) is 0 Å². The molecule has 0 fully saturated rings. The molecule has 0 saturated carbocycles. The number of carbonyl (C=O) groups is 1. The van der Waals surface area contributed by atoms with Crippen LogP contribution in [0.3, 0.4) is 0 Å². The molecular weight excluding hydrogens is 332 g/mol. The average Bonchev–Trinajstić information content (AvgIpc) is 2.49. The number of Topliss-reactive ketones (excluding diaryl/α,β-unsaturated/α-hetero) is 1. The Morgan fingerprint density at radius 1 is 1.43 bits per heavy atom. The third-order valence-corrected chi connectivity index (χ3v) is 4.68. The smallest absolute Gasteiger partial charge is 0.204 e. The molecule has 0 aliphatic carbocycles. The van der Waals surface area contributed by atoms with Gasteiger partial charge in [0.25, 0.3) is 0 Å². The van der Waals surface area contributed by atoms with Crippen LogP contribution in [0.5, 0.6) is 0 Å². The summed E-state index contributed by atoms with van der Waals surface area (Å²) in [5.74, 6) is -1.67. The van der Waals surface area contributed by atoms with E-state index in [1.165, 1.54) is 11.3 Å². The van der Waals surface area contributed by atoms with Gasteiger partial charge in [-0.05, 0) is 37.9 Å². The second-order valence-electron chi connectivity index (χ2n) is 2.29. The minimum atomic E-state index is -1.22. The van der Waals surface area contributed by atoms with Crippen LogP contribution in [0.1, 0.15) is 9.67 Å². The molecule has 0 radical (unpaired) electrons. The van der Waals surface area contributed by atoms with Gasteiger partial charge >= 0.3 is 0 Å². The van der Waals surface area contributed by atoms with Crippen molar-refractivity contribution >= 4 is 49.0 Å². The SMILES string of the molecule is N#CC(C#N)C(=O)c1cc(Br)c(Br)s1. The maximum absolute atomic E-state index is 11.5. The van der Waals surface area contributed by atoms with Gasteiger partial charge in [-0.15, -0.1) is 11.3 Å². The Kier molecular flexibility index (Phi) is 3.82. The van der Waals surface area contributed by atoms with E-state index in [2.05, 4.69) is 31.9 Å². The molecule has 0 bridgehead atoms. The van der Waals surface area contributed by atoms with E-state index in [0.717, 1.165) is 8.26 Å². The predicted molar refractivity (Wildman–Crippen MR) is 58.8 cm³/mol. The summed E-state index contributed by atoms with van der Waals surface area (Å²) in [6, 6.07) is 4.88. The molecule has 0 N–H and O–H groups in total. The van der Waals surface area contributed by atoms with E-state index in [1.54, 1.807) is 18.2 Å². The Morgan fingerprint density at radius 2 is 2.00 bits per heavy atom. The number of nitrogens with zero attached hydrogens (tertiary/aromatic N) is 2. The normalized spacial score (nSPS) is 9.50. The van der Waals surface area contributed by atoms with Crippen molar-refractivity contribution in [3.8, 4) is 12.1 Å². The molecule has 0 spiro atoms. The first-order valence-electron chi connectivity index (χ1n) is 3.38. The van der Waals surface area contributed by atoms with Gasteiger partial charge in [0.05, 0.1) is 20.8 Å². The fourth-order valence-corrected chi connectivity index (χ4v) is 2.76. The van der Waals surface area contributed by atoms with Crippen LogP contribution in [0.2, 0.25) is 0 Å².